The number of ether oxygens (including phenoxy) is 1. The Morgan fingerprint density at radius 3 is 2.22 bits per heavy atom. The van der Waals surface area contributed by atoms with Crippen LogP contribution in [-0.2, 0) is 0 Å². The van der Waals surface area contributed by atoms with Crippen LogP contribution in [0.1, 0.15) is 67.3 Å². The average molecular weight is 376 g/mol. The molecule has 0 aliphatic heterocycles. The molecule has 0 atom stereocenters. The van der Waals surface area contributed by atoms with Gasteiger partial charge in [-0.2, -0.15) is 0 Å². The van der Waals surface area contributed by atoms with E-state index in [0.29, 0.717) is 18.1 Å². The zero-order chi connectivity index (χ0) is 19.4. The van der Waals surface area contributed by atoms with Gasteiger partial charge in [-0.15, -0.1) is 0 Å². The average Bonchev–Trinajstić information content (AvgIpc) is 2.66. The summed E-state index contributed by atoms with van der Waals surface area (Å²) in [6.45, 7) is 2.22. The number of rotatable bonds is 5. The summed E-state index contributed by atoms with van der Waals surface area (Å²) < 4.78 is 45.0. The lowest BCUT2D eigenvalue weighted by Crippen LogP contribution is -2.13. The van der Waals surface area contributed by atoms with Gasteiger partial charge < -0.3 is 4.74 Å². The Morgan fingerprint density at radius 1 is 0.963 bits per heavy atom. The highest BCUT2D eigenvalue weighted by Gasteiger charge is 2.22. The fraction of sp³-hybridized carbons (Fsp3) is 0.409. The van der Waals surface area contributed by atoms with Crippen molar-refractivity contribution in [3.63, 3.8) is 0 Å². The summed E-state index contributed by atoms with van der Waals surface area (Å²) in [5.74, 6) is -3.27. The van der Waals surface area contributed by atoms with Crippen LogP contribution in [-0.4, -0.2) is 5.97 Å². The minimum absolute atomic E-state index is 0.243. The lowest BCUT2D eigenvalue weighted by molar-refractivity contribution is 0.0729. The molecule has 144 valence electrons. The zero-order valence-electron chi connectivity index (χ0n) is 15.3. The fourth-order valence-electron chi connectivity index (χ4n) is 3.84. The highest BCUT2D eigenvalue weighted by atomic mass is 19.2. The monoisotopic (exact) mass is 376 g/mol. The highest BCUT2D eigenvalue weighted by molar-refractivity contribution is 5.91. The van der Waals surface area contributed by atoms with E-state index in [1.54, 1.807) is 12.1 Å². The van der Waals surface area contributed by atoms with Crippen LogP contribution in [0, 0.1) is 23.4 Å². The van der Waals surface area contributed by atoms with Crippen molar-refractivity contribution in [3.05, 3.63) is 65.0 Å². The Labute approximate surface area is 157 Å². The Kier molecular flexibility index (Phi) is 6.19. The molecule has 0 amide bonds. The van der Waals surface area contributed by atoms with Gasteiger partial charge in [-0.05, 0) is 61.3 Å². The number of carbonyl (C=O) groups excluding carboxylic acids is 1. The van der Waals surface area contributed by atoms with E-state index in [-0.39, 0.29) is 5.75 Å². The maximum Gasteiger partial charge on any atom is 0.346 e. The van der Waals surface area contributed by atoms with Crippen LogP contribution in [0.15, 0.2) is 36.4 Å². The van der Waals surface area contributed by atoms with Gasteiger partial charge >= 0.3 is 5.97 Å². The highest BCUT2D eigenvalue weighted by Crippen LogP contribution is 2.37. The SMILES string of the molecule is CCC[C@H]1CC[C@H](c2ccc(OC(=O)c3cc(F)c(F)cc3F)cc2)CC1. The van der Waals surface area contributed by atoms with Gasteiger partial charge in [-0.25, -0.2) is 18.0 Å². The quantitative estimate of drug-likeness (QED) is 0.343. The van der Waals surface area contributed by atoms with E-state index >= 15 is 0 Å². The predicted octanol–water partition coefficient (Wildman–Crippen LogP) is 6.40. The van der Waals surface area contributed by atoms with Gasteiger partial charge in [0.15, 0.2) is 11.6 Å². The van der Waals surface area contributed by atoms with Crippen LogP contribution in [0.2, 0.25) is 0 Å². The molecule has 0 aromatic heterocycles. The molecule has 27 heavy (non-hydrogen) atoms. The standard InChI is InChI=1S/C22H23F3O2/c1-2-3-14-4-6-15(7-5-14)16-8-10-17(11-9-16)27-22(26)18-12-20(24)21(25)13-19(18)23/h8-15H,2-7H2,1H3/t14-,15-. The molecule has 5 heteroatoms. The molecular formula is C22H23F3O2. The van der Waals surface area contributed by atoms with Crippen LogP contribution < -0.4 is 4.74 Å². The second-order valence-corrected chi connectivity index (χ2v) is 7.21. The molecule has 0 bridgehead atoms. The lowest BCUT2D eigenvalue weighted by atomic mass is 9.77. The molecule has 2 aromatic rings. The van der Waals surface area contributed by atoms with Gasteiger partial charge in [0, 0.05) is 6.07 Å². The van der Waals surface area contributed by atoms with Crippen molar-refractivity contribution in [3.8, 4) is 5.75 Å². The molecule has 1 saturated carbocycles. The number of esters is 1. The smallest absolute Gasteiger partial charge is 0.346 e. The molecule has 0 heterocycles. The van der Waals surface area contributed by atoms with E-state index in [9.17, 15) is 18.0 Å². The van der Waals surface area contributed by atoms with Crippen molar-refractivity contribution in [2.45, 2.75) is 51.4 Å². The first kappa shape index (κ1) is 19.5. The number of hydrogen-bond donors (Lipinski definition) is 0. The normalized spacial score (nSPS) is 19.7. The van der Waals surface area contributed by atoms with E-state index in [1.807, 2.05) is 12.1 Å². The summed E-state index contributed by atoms with van der Waals surface area (Å²) in [5.41, 5.74) is 0.566. The summed E-state index contributed by atoms with van der Waals surface area (Å²) >= 11 is 0. The maximum absolute atomic E-state index is 13.7. The maximum atomic E-state index is 13.7. The third-order valence-electron chi connectivity index (χ3n) is 5.34. The molecule has 2 aromatic carbocycles. The topological polar surface area (TPSA) is 26.3 Å². The van der Waals surface area contributed by atoms with Crippen molar-refractivity contribution in [1.82, 2.24) is 0 Å². The zero-order valence-corrected chi connectivity index (χ0v) is 15.3. The van der Waals surface area contributed by atoms with Gasteiger partial charge in [-0.3, -0.25) is 0 Å². The van der Waals surface area contributed by atoms with E-state index in [1.165, 1.54) is 31.2 Å². The number of hydrogen-bond acceptors (Lipinski definition) is 2. The summed E-state index contributed by atoms with van der Waals surface area (Å²) in [6.07, 6.45) is 7.32. The Balaban J connectivity index is 1.63. The molecule has 1 fully saturated rings. The van der Waals surface area contributed by atoms with Crippen LogP contribution in [0.4, 0.5) is 13.2 Å². The Bertz CT molecular complexity index is 794. The molecule has 0 saturated heterocycles. The molecule has 3 rings (SSSR count). The van der Waals surface area contributed by atoms with Gasteiger partial charge in [0.25, 0.3) is 0 Å². The van der Waals surface area contributed by atoms with Crippen molar-refractivity contribution < 1.29 is 22.7 Å². The van der Waals surface area contributed by atoms with Gasteiger partial charge in [0.2, 0.25) is 0 Å². The molecule has 0 radical (unpaired) electrons. The van der Waals surface area contributed by atoms with E-state index in [0.717, 1.165) is 18.8 Å². The van der Waals surface area contributed by atoms with Crippen LogP contribution in [0.3, 0.4) is 0 Å². The minimum atomic E-state index is -1.35. The fourth-order valence-corrected chi connectivity index (χ4v) is 3.84. The second-order valence-electron chi connectivity index (χ2n) is 7.21. The van der Waals surface area contributed by atoms with E-state index in [4.69, 9.17) is 4.74 Å². The summed E-state index contributed by atoms with van der Waals surface area (Å²) in [6, 6.07) is 7.98. The summed E-state index contributed by atoms with van der Waals surface area (Å²) in [5, 5.41) is 0. The third kappa shape index (κ3) is 4.71. The van der Waals surface area contributed by atoms with Gasteiger partial charge in [0.1, 0.15) is 11.6 Å². The molecule has 1 aliphatic rings. The van der Waals surface area contributed by atoms with Gasteiger partial charge in [-0.1, -0.05) is 31.9 Å². The van der Waals surface area contributed by atoms with Crippen molar-refractivity contribution in [1.29, 1.82) is 0 Å². The lowest BCUT2D eigenvalue weighted by Gasteiger charge is -2.28. The molecule has 0 spiro atoms. The predicted molar refractivity (Wildman–Crippen MR) is 97.3 cm³/mol. The number of carbonyl (C=O) groups is 1. The first-order valence-electron chi connectivity index (χ1n) is 9.44. The Morgan fingerprint density at radius 2 is 1.59 bits per heavy atom. The molecule has 2 nitrogen and oxygen atoms in total. The van der Waals surface area contributed by atoms with E-state index in [2.05, 4.69) is 6.92 Å². The first-order valence-corrected chi connectivity index (χ1v) is 9.44. The van der Waals surface area contributed by atoms with E-state index < -0.39 is 29.0 Å². The minimum Gasteiger partial charge on any atom is -0.423 e. The largest absolute Gasteiger partial charge is 0.423 e. The molecular weight excluding hydrogens is 353 g/mol. The van der Waals surface area contributed by atoms with Crippen molar-refractivity contribution in [2.75, 3.05) is 0 Å². The molecule has 0 unspecified atom stereocenters. The third-order valence-corrected chi connectivity index (χ3v) is 5.34. The number of halogens is 3. The van der Waals surface area contributed by atoms with Crippen LogP contribution in [0.5, 0.6) is 5.75 Å². The number of benzene rings is 2. The van der Waals surface area contributed by atoms with Crippen LogP contribution in [0.25, 0.3) is 0 Å². The molecule has 1 aliphatic carbocycles. The molecule has 0 N–H and O–H groups in total. The summed E-state index contributed by atoms with van der Waals surface area (Å²) in [7, 11) is 0. The van der Waals surface area contributed by atoms with Gasteiger partial charge in [0.05, 0.1) is 5.56 Å². The van der Waals surface area contributed by atoms with Crippen LogP contribution >= 0.6 is 0 Å². The van der Waals surface area contributed by atoms with Crippen molar-refractivity contribution in [2.24, 2.45) is 5.92 Å². The summed E-state index contributed by atoms with van der Waals surface area (Å²) in [4.78, 5) is 12.0. The second kappa shape index (κ2) is 8.59. The first-order chi connectivity index (χ1) is 13.0. The Hall–Kier alpha value is -2.30. The van der Waals surface area contributed by atoms with Crippen molar-refractivity contribution >= 4 is 5.97 Å².